The minimum atomic E-state index is -0.579. The van der Waals surface area contributed by atoms with Crippen LogP contribution in [0.5, 0.6) is 0 Å². The van der Waals surface area contributed by atoms with Crippen molar-refractivity contribution in [2.24, 2.45) is 23.7 Å². The SMILES string of the molecule is CCCC1CCC(C2CCC(C#Cc3cc(F)c(NC)c(F)c3)CC2)CC1. The third kappa shape index (κ3) is 5.24. The number of rotatable bonds is 4. The summed E-state index contributed by atoms with van der Waals surface area (Å²) in [6.45, 7) is 2.30. The fourth-order valence-electron chi connectivity index (χ4n) is 5.16. The van der Waals surface area contributed by atoms with Crippen molar-refractivity contribution >= 4 is 5.69 Å². The lowest BCUT2D eigenvalue weighted by Crippen LogP contribution is -2.25. The molecular weight excluding hydrogens is 340 g/mol. The molecule has 3 heteroatoms. The lowest BCUT2D eigenvalue weighted by atomic mass is 9.69. The van der Waals surface area contributed by atoms with Crippen LogP contribution >= 0.6 is 0 Å². The Bertz CT molecular complexity index is 648. The van der Waals surface area contributed by atoms with Gasteiger partial charge in [0.1, 0.15) is 5.69 Å². The summed E-state index contributed by atoms with van der Waals surface area (Å²) in [5, 5.41) is 2.54. The Balaban J connectivity index is 1.50. The van der Waals surface area contributed by atoms with E-state index in [1.165, 1.54) is 70.5 Å². The summed E-state index contributed by atoms with van der Waals surface area (Å²) in [4.78, 5) is 0. The van der Waals surface area contributed by atoms with Gasteiger partial charge in [0.2, 0.25) is 0 Å². The molecule has 0 aromatic heterocycles. The molecular formula is C24H33F2N. The summed E-state index contributed by atoms with van der Waals surface area (Å²) < 4.78 is 27.7. The smallest absolute Gasteiger partial charge is 0.150 e. The van der Waals surface area contributed by atoms with E-state index in [1.807, 2.05) is 0 Å². The number of halogens is 2. The van der Waals surface area contributed by atoms with Gasteiger partial charge < -0.3 is 5.32 Å². The lowest BCUT2D eigenvalue weighted by Gasteiger charge is -2.37. The molecule has 1 aromatic rings. The predicted octanol–water partition coefficient (Wildman–Crippen LogP) is 6.77. The van der Waals surface area contributed by atoms with E-state index in [2.05, 4.69) is 24.1 Å². The molecule has 2 saturated carbocycles. The monoisotopic (exact) mass is 373 g/mol. The molecule has 0 spiro atoms. The van der Waals surface area contributed by atoms with Gasteiger partial charge in [-0.1, -0.05) is 44.4 Å². The van der Waals surface area contributed by atoms with E-state index in [9.17, 15) is 8.78 Å². The highest BCUT2D eigenvalue weighted by Crippen LogP contribution is 2.42. The second-order valence-electron chi connectivity index (χ2n) is 8.52. The fraction of sp³-hybridized carbons (Fsp3) is 0.667. The number of benzene rings is 1. The van der Waals surface area contributed by atoms with Crippen LogP contribution in [0.4, 0.5) is 14.5 Å². The Hall–Kier alpha value is -1.56. The van der Waals surface area contributed by atoms with Crippen molar-refractivity contribution < 1.29 is 8.78 Å². The summed E-state index contributed by atoms with van der Waals surface area (Å²) in [5.41, 5.74) is 0.343. The van der Waals surface area contributed by atoms with Gasteiger partial charge in [-0.25, -0.2) is 8.78 Å². The van der Waals surface area contributed by atoms with Crippen LogP contribution in [0.2, 0.25) is 0 Å². The van der Waals surface area contributed by atoms with Gasteiger partial charge in [-0.15, -0.1) is 0 Å². The standard InChI is InChI=1S/C24H33F2N/c1-3-4-17-7-11-20(12-8-17)21-13-9-18(10-14-21)5-6-19-15-22(25)24(27-2)23(26)16-19/h15-18,20-21,27H,3-4,7-14H2,1-2H3. The van der Waals surface area contributed by atoms with Crippen LogP contribution in [0.3, 0.4) is 0 Å². The van der Waals surface area contributed by atoms with Crippen molar-refractivity contribution in [1.29, 1.82) is 0 Å². The van der Waals surface area contributed by atoms with E-state index in [1.54, 1.807) is 0 Å². The van der Waals surface area contributed by atoms with Crippen molar-refractivity contribution in [3.05, 3.63) is 29.3 Å². The average molecular weight is 374 g/mol. The number of nitrogens with one attached hydrogen (secondary N) is 1. The van der Waals surface area contributed by atoms with Crippen LogP contribution in [-0.2, 0) is 0 Å². The molecule has 0 unspecified atom stereocenters. The molecule has 0 radical (unpaired) electrons. The normalized spacial score (nSPS) is 28.3. The maximum atomic E-state index is 13.8. The van der Waals surface area contributed by atoms with Crippen molar-refractivity contribution in [3.8, 4) is 11.8 Å². The molecule has 2 aliphatic carbocycles. The van der Waals surface area contributed by atoms with Crippen LogP contribution in [0.25, 0.3) is 0 Å². The van der Waals surface area contributed by atoms with Gasteiger partial charge in [-0.3, -0.25) is 0 Å². The molecule has 0 atom stereocenters. The van der Waals surface area contributed by atoms with Crippen LogP contribution in [0, 0.1) is 47.1 Å². The molecule has 148 valence electrons. The molecule has 0 saturated heterocycles. The molecule has 2 fully saturated rings. The molecule has 0 heterocycles. The number of anilines is 1. The van der Waals surface area contributed by atoms with E-state index in [4.69, 9.17) is 0 Å². The zero-order chi connectivity index (χ0) is 19.2. The Morgan fingerprint density at radius 2 is 1.48 bits per heavy atom. The Labute approximate surface area is 163 Å². The zero-order valence-corrected chi connectivity index (χ0v) is 16.8. The van der Waals surface area contributed by atoms with Crippen molar-refractivity contribution in [3.63, 3.8) is 0 Å². The van der Waals surface area contributed by atoms with Gasteiger partial charge in [0.25, 0.3) is 0 Å². The first kappa shape index (κ1) is 20.2. The predicted molar refractivity (Wildman–Crippen MR) is 109 cm³/mol. The molecule has 2 aliphatic rings. The third-order valence-corrected chi connectivity index (χ3v) is 6.74. The van der Waals surface area contributed by atoms with Gasteiger partial charge in [0.05, 0.1) is 0 Å². The van der Waals surface area contributed by atoms with E-state index in [-0.39, 0.29) is 5.69 Å². The molecule has 0 amide bonds. The molecule has 3 rings (SSSR count). The molecule has 0 bridgehead atoms. The average Bonchev–Trinajstić information content (AvgIpc) is 2.67. The maximum absolute atomic E-state index is 13.8. The van der Waals surface area contributed by atoms with Gasteiger partial charge in [-0.2, -0.15) is 0 Å². The fourth-order valence-corrected chi connectivity index (χ4v) is 5.16. The molecule has 1 aromatic carbocycles. The van der Waals surface area contributed by atoms with Crippen molar-refractivity contribution in [2.75, 3.05) is 12.4 Å². The van der Waals surface area contributed by atoms with Crippen LogP contribution in [-0.4, -0.2) is 7.05 Å². The first-order chi connectivity index (χ1) is 13.1. The first-order valence-corrected chi connectivity index (χ1v) is 10.8. The summed E-state index contributed by atoms with van der Waals surface area (Å²) in [6.07, 6.45) is 13.2. The van der Waals surface area contributed by atoms with E-state index >= 15 is 0 Å². The number of hydrogen-bond donors (Lipinski definition) is 1. The minimum Gasteiger partial charge on any atom is -0.383 e. The Morgan fingerprint density at radius 1 is 0.926 bits per heavy atom. The van der Waals surface area contributed by atoms with Gasteiger partial charge >= 0.3 is 0 Å². The summed E-state index contributed by atoms with van der Waals surface area (Å²) >= 11 is 0. The second-order valence-corrected chi connectivity index (χ2v) is 8.52. The highest BCUT2D eigenvalue weighted by Gasteiger charge is 2.30. The quantitative estimate of drug-likeness (QED) is 0.574. The second kappa shape index (κ2) is 9.58. The van der Waals surface area contributed by atoms with Gasteiger partial charge in [-0.05, 0) is 68.4 Å². The molecule has 1 nitrogen and oxygen atoms in total. The van der Waals surface area contributed by atoms with Crippen LogP contribution in [0.15, 0.2) is 12.1 Å². The van der Waals surface area contributed by atoms with E-state index in [0.29, 0.717) is 11.5 Å². The maximum Gasteiger partial charge on any atom is 0.150 e. The van der Waals surface area contributed by atoms with Crippen molar-refractivity contribution in [1.82, 2.24) is 0 Å². The molecule has 1 N–H and O–H groups in total. The molecule has 27 heavy (non-hydrogen) atoms. The summed E-state index contributed by atoms with van der Waals surface area (Å²) in [5.74, 6) is 8.25. The number of hydrogen-bond acceptors (Lipinski definition) is 1. The lowest BCUT2D eigenvalue weighted by molar-refractivity contribution is 0.154. The van der Waals surface area contributed by atoms with Crippen molar-refractivity contribution in [2.45, 2.75) is 71.1 Å². The summed E-state index contributed by atoms with van der Waals surface area (Å²) in [6, 6.07) is 2.64. The van der Waals surface area contributed by atoms with Gasteiger partial charge in [0.15, 0.2) is 11.6 Å². The Kier molecular flexibility index (Phi) is 7.16. The van der Waals surface area contributed by atoms with E-state index < -0.39 is 11.6 Å². The Morgan fingerprint density at radius 3 is 2.00 bits per heavy atom. The van der Waals surface area contributed by atoms with Crippen LogP contribution in [0.1, 0.15) is 76.7 Å². The van der Waals surface area contributed by atoms with Gasteiger partial charge in [0, 0.05) is 18.5 Å². The zero-order valence-electron chi connectivity index (χ0n) is 16.8. The topological polar surface area (TPSA) is 12.0 Å². The third-order valence-electron chi connectivity index (χ3n) is 6.74. The molecule has 0 aliphatic heterocycles. The minimum absolute atomic E-state index is 0.0882. The van der Waals surface area contributed by atoms with E-state index in [0.717, 1.165) is 30.6 Å². The highest BCUT2D eigenvalue weighted by atomic mass is 19.1. The first-order valence-electron chi connectivity index (χ1n) is 10.8. The largest absolute Gasteiger partial charge is 0.383 e. The van der Waals surface area contributed by atoms with Crippen LogP contribution < -0.4 is 5.32 Å². The highest BCUT2D eigenvalue weighted by molar-refractivity contribution is 5.50. The summed E-state index contributed by atoms with van der Waals surface area (Å²) in [7, 11) is 1.52.